The summed E-state index contributed by atoms with van der Waals surface area (Å²) in [6.45, 7) is 2.86. The Morgan fingerprint density at radius 1 is 1.03 bits per heavy atom. The Morgan fingerprint density at radius 2 is 1.69 bits per heavy atom. The van der Waals surface area contributed by atoms with Gasteiger partial charge in [-0.2, -0.15) is 0 Å². The Morgan fingerprint density at radius 3 is 2.33 bits per heavy atom. The SMILES string of the molecule is COc1ccc(CC(NC(=O)CN2CCCCC2CO)C(=O)NC(Cc2ccccc2)C(=O)C2(C)CO2)cc1. The van der Waals surface area contributed by atoms with Crippen molar-refractivity contribution in [3.05, 3.63) is 65.7 Å². The van der Waals surface area contributed by atoms with Gasteiger partial charge in [0, 0.05) is 12.5 Å². The van der Waals surface area contributed by atoms with Gasteiger partial charge in [0.25, 0.3) is 0 Å². The molecule has 0 radical (unpaired) electrons. The van der Waals surface area contributed by atoms with E-state index in [1.54, 1.807) is 26.2 Å². The lowest BCUT2D eigenvalue weighted by Gasteiger charge is -2.34. The van der Waals surface area contributed by atoms with E-state index in [4.69, 9.17) is 9.47 Å². The van der Waals surface area contributed by atoms with Crippen LogP contribution in [0.5, 0.6) is 5.75 Å². The molecular formula is C30H39N3O6. The van der Waals surface area contributed by atoms with Gasteiger partial charge in [-0.05, 0) is 56.0 Å². The molecule has 4 atom stereocenters. The molecule has 2 aliphatic rings. The van der Waals surface area contributed by atoms with Crippen molar-refractivity contribution in [3.63, 3.8) is 0 Å². The maximum Gasteiger partial charge on any atom is 0.243 e. The van der Waals surface area contributed by atoms with Gasteiger partial charge >= 0.3 is 0 Å². The normalized spacial score (nSPS) is 22.4. The Kier molecular flexibility index (Phi) is 9.72. The van der Waals surface area contributed by atoms with Crippen molar-refractivity contribution in [1.82, 2.24) is 15.5 Å². The third-order valence-corrected chi connectivity index (χ3v) is 7.57. The van der Waals surface area contributed by atoms with Crippen LogP contribution < -0.4 is 15.4 Å². The average Bonchev–Trinajstić information content (AvgIpc) is 3.71. The summed E-state index contributed by atoms with van der Waals surface area (Å²) in [4.78, 5) is 42.1. The fourth-order valence-electron chi connectivity index (χ4n) is 5.06. The number of Topliss-reactive ketones (excluding diaryl/α,β-unsaturated/α-hetero) is 1. The molecule has 2 fully saturated rings. The fourth-order valence-corrected chi connectivity index (χ4v) is 5.06. The number of ether oxygens (including phenoxy) is 2. The minimum Gasteiger partial charge on any atom is -0.497 e. The van der Waals surface area contributed by atoms with E-state index in [1.165, 1.54) is 0 Å². The summed E-state index contributed by atoms with van der Waals surface area (Å²) in [5.74, 6) is -0.231. The molecule has 4 rings (SSSR count). The monoisotopic (exact) mass is 537 g/mol. The van der Waals surface area contributed by atoms with Crippen LogP contribution in [-0.2, 0) is 32.0 Å². The first-order valence-corrected chi connectivity index (χ1v) is 13.6. The van der Waals surface area contributed by atoms with E-state index in [-0.39, 0.29) is 37.3 Å². The third kappa shape index (κ3) is 7.88. The number of amides is 2. The number of aliphatic hydroxyl groups excluding tert-OH is 1. The van der Waals surface area contributed by atoms with Gasteiger partial charge in [-0.3, -0.25) is 19.3 Å². The summed E-state index contributed by atoms with van der Waals surface area (Å²) in [5, 5.41) is 15.6. The number of hydrogen-bond acceptors (Lipinski definition) is 7. The minimum absolute atomic E-state index is 0.00679. The van der Waals surface area contributed by atoms with E-state index in [0.717, 1.165) is 36.9 Å². The highest BCUT2D eigenvalue weighted by Crippen LogP contribution is 2.29. The number of carbonyl (C=O) groups excluding carboxylic acids is 3. The number of piperidine rings is 1. The number of aliphatic hydroxyl groups is 1. The molecule has 2 saturated heterocycles. The van der Waals surface area contributed by atoms with Crippen molar-refractivity contribution >= 4 is 17.6 Å². The summed E-state index contributed by atoms with van der Waals surface area (Å²) in [6, 6.07) is 15.0. The van der Waals surface area contributed by atoms with Gasteiger partial charge in [-0.15, -0.1) is 0 Å². The van der Waals surface area contributed by atoms with Crippen LogP contribution in [-0.4, -0.2) is 84.7 Å². The molecule has 2 heterocycles. The molecular weight excluding hydrogens is 498 g/mol. The number of likely N-dealkylation sites (tertiary alicyclic amines) is 1. The number of ketones is 1. The number of hydrogen-bond donors (Lipinski definition) is 3. The van der Waals surface area contributed by atoms with Crippen LogP contribution in [0.15, 0.2) is 54.6 Å². The van der Waals surface area contributed by atoms with Crippen LogP contribution in [0, 0.1) is 0 Å². The summed E-state index contributed by atoms with van der Waals surface area (Å²) >= 11 is 0. The number of rotatable bonds is 13. The van der Waals surface area contributed by atoms with Gasteiger partial charge in [0.2, 0.25) is 11.8 Å². The van der Waals surface area contributed by atoms with Crippen LogP contribution >= 0.6 is 0 Å². The predicted molar refractivity (Wildman–Crippen MR) is 146 cm³/mol. The Hall–Kier alpha value is -3.27. The molecule has 0 aliphatic carbocycles. The van der Waals surface area contributed by atoms with Crippen LogP contribution in [0.2, 0.25) is 0 Å². The lowest BCUT2D eigenvalue weighted by Crippen LogP contribution is -2.56. The molecule has 9 nitrogen and oxygen atoms in total. The maximum absolute atomic E-state index is 13.7. The first kappa shape index (κ1) is 28.7. The molecule has 0 saturated carbocycles. The molecule has 0 aromatic heterocycles. The second-order valence-corrected chi connectivity index (χ2v) is 10.6. The number of carbonyl (C=O) groups is 3. The minimum atomic E-state index is -0.908. The predicted octanol–water partition coefficient (Wildman–Crippen LogP) is 1.65. The average molecular weight is 538 g/mol. The first-order chi connectivity index (χ1) is 18.8. The van der Waals surface area contributed by atoms with Crippen molar-refractivity contribution in [3.8, 4) is 5.75 Å². The van der Waals surface area contributed by atoms with Gasteiger partial charge in [-0.25, -0.2) is 0 Å². The number of methoxy groups -OCH3 is 1. The lowest BCUT2D eigenvalue weighted by atomic mass is 9.94. The lowest BCUT2D eigenvalue weighted by molar-refractivity contribution is -0.133. The van der Waals surface area contributed by atoms with Crippen molar-refractivity contribution in [2.75, 3.05) is 33.4 Å². The van der Waals surface area contributed by atoms with Crippen LogP contribution in [0.1, 0.15) is 37.3 Å². The molecule has 0 bridgehead atoms. The first-order valence-electron chi connectivity index (χ1n) is 13.6. The largest absolute Gasteiger partial charge is 0.497 e. The molecule has 0 spiro atoms. The zero-order valence-electron chi connectivity index (χ0n) is 22.7. The van der Waals surface area contributed by atoms with Gasteiger partial charge in [0.05, 0.1) is 32.9 Å². The quantitative estimate of drug-likeness (QED) is 0.332. The fraction of sp³-hybridized carbons (Fsp3) is 0.500. The highest BCUT2D eigenvalue weighted by Gasteiger charge is 2.50. The maximum atomic E-state index is 13.7. The molecule has 2 aliphatic heterocycles. The van der Waals surface area contributed by atoms with Crippen LogP contribution in [0.25, 0.3) is 0 Å². The molecule has 2 amide bonds. The Bertz CT molecular complexity index is 1120. The summed E-state index contributed by atoms with van der Waals surface area (Å²) in [7, 11) is 1.58. The number of epoxide rings is 1. The second kappa shape index (κ2) is 13.2. The van der Waals surface area contributed by atoms with E-state index < -0.39 is 23.6 Å². The third-order valence-electron chi connectivity index (χ3n) is 7.57. The highest BCUT2D eigenvalue weighted by atomic mass is 16.6. The van der Waals surface area contributed by atoms with Crippen LogP contribution in [0.4, 0.5) is 0 Å². The topological polar surface area (TPSA) is 120 Å². The van der Waals surface area contributed by atoms with Crippen molar-refractivity contribution in [2.45, 2.75) is 62.8 Å². The highest BCUT2D eigenvalue weighted by molar-refractivity contribution is 5.98. The molecule has 4 unspecified atom stereocenters. The molecule has 39 heavy (non-hydrogen) atoms. The van der Waals surface area contributed by atoms with Gasteiger partial charge in [-0.1, -0.05) is 48.9 Å². The number of benzene rings is 2. The zero-order valence-corrected chi connectivity index (χ0v) is 22.7. The van der Waals surface area contributed by atoms with Gasteiger partial charge in [0.15, 0.2) is 5.78 Å². The second-order valence-electron chi connectivity index (χ2n) is 10.6. The summed E-state index contributed by atoms with van der Waals surface area (Å²) in [6.07, 6.45) is 3.38. The standard InChI is InChI=1S/C30H39N3O6/c1-30(20-39-30)28(36)25(16-21-8-4-3-5-9-21)32-29(37)26(17-22-11-13-24(38-2)14-12-22)31-27(35)18-33-15-7-6-10-23(33)19-34/h3-5,8-9,11-14,23,25-26,34H,6-7,10,15-20H2,1-2H3,(H,31,35)(H,32,37). The van der Waals surface area contributed by atoms with Crippen molar-refractivity contribution in [1.29, 1.82) is 0 Å². The Labute approximate surface area is 229 Å². The van der Waals surface area contributed by atoms with Gasteiger partial charge < -0.3 is 25.2 Å². The summed E-state index contributed by atoms with van der Waals surface area (Å²) in [5.41, 5.74) is 0.844. The molecule has 9 heteroatoms. The number of nitrogens with zero attached hydrogens (tertiary/aromatic N) is 1. The zero-order chi connectivity index (χ0) is 27.8. The number of nitrogens with one attached hydrogen (secondary N) is 2. The van der Waals surface area contributed by atoms with Crippen molar-refractivity contribution in [2.24, 2.45) is 0 Å². The van der Waals surface area contributed by atoms with E-state index >= 15 is 0 Å². The van der Waals surface area contributed by atoms with E-state index in [2.05, 4.69) is 10.6 Å². The molecule has 210 valence electrons. The molecule has 3 N–H and O–H groups in total. The van der Waals surface area contributed by atoms with Crippen LogP contribution in [0.3, 0.4) is 0 Å². The summed E-state index contributed by atoms with van der Waals surface area (Å²) < 4.78 is 10.6. The Balaban J connectivity index is 1.50. The van der Waals surface area contributed by atoms with E-state index in [9.17, 15) is 19.5 Å². The smallest absolute Gasteiger partial charge is 0.243 e. The molecule has 2 aromatic carbocycles. The molecule has 2 aromatic rings. The van der Waals surface area contributed by atoms with Gasteiger partial charge in [0.1, 0.15) is 17.4 Å². The van der Waals surface area contributed by atoms with Crippen molar-refractivity contribution < 1.29 is 29.0 Å². The van der Waals surface area contributed by atoms with E-state index in [0.29, 0.717) is 18.8 Å². The van der Waals surface area contributed by atoms with E-state index in [1.807, 2.05) is 47.4 Å².